The van der Waals surface area contributed by atoms with Gasteiger partial charge in [0, 0.05) is 45.2 Å². The first-order chi connectivity index (χ1) is 33.4. The van der Waals surface area contributed by atoms with Crippen LogP contribution in [0.1, 0.15) is 113 Å². The van der Waals surface area contributed by atoms with Crippen LogP contribution in [-0.2, 0) is 65.9 Å². The number of aliphatic hydroxyl groups excluding tert-OH is 1. The van der Waals surface area contributed by atoms with E-state index in [-0.39, 0.29) is 74.8 Å². The highest BCUT2D eigenvalue weighted by molar-refractivity contribution is 7.13. The summed E-state index contributed by atoms with van der Waals surface area (Å²) in [5.74, 6) is -2.14. The number of ketones is 1. The lowest BCUT2D eigenvalue weighted by Gasteiger charge is -2.35. The second-order valence-corrected chi connectivity index (χ2v) is 21.3. The Balaban J connectivity index is 0.880. The average molecular weight is 976 g/mol. The highest BCUT2D eigenvalue weighted by Crippen LogP contribution is 2.40. The molecular weight excluding hydrogens is 907 g/mol. The first-order valence-corrected chi connectivity index (χ1v) is 25.5. The monoisotopic (exact) mass is 975 g/mol. The first kappa shape index (κ1) is 52.0. The summed E-state index contributed by atoms with van der Waals surface area (Å²) < 4.78 is 6.37. The number of aliphatic hydroxyl groups is 1. The van der Waals surface area contributed by atoms with Gasteiger partial charge in [0.05, 0.1) is 52.7 Å². The zero-order chi connectivity index (χ0) is 50.3. The number of β-amino-alcohol motifs (C(OH)–C–C–N with tert-alkyl or cyclic N) is 1. The number of aromatic nitrogens is 1. The number of ether oxygens (including phenoxy) is 1. The van der Waals surface area contributed by atoms with Crippen LogP contribution >= 0.6 is 11.3 Å². The lowest BCUT2D eigenvalue weighted by atomic mass is 9.85. The number of likely N-dealkylation sites (tertiary alicyclic amines) is 1. The number of hydrogen-bond donors (Lipinski definition) is 5. The van der Waals surface area contributed by atoms with Crippen molar-refractivity contribution in [2.24, 2.45) is 22.8 Å². The maximum Gasteiger partial charge on any atom is 0.246 e. The van der Waals surface area contributed by atoms with Gasteiger partial charge in [0.25, 0.3) is 0 Å². The summed E-state index contributed by atoms with van der Waals surface area (Å²) in [6, 6.07) is 18.7. The number of primary amides is 1. The minimum absolute atomic E-state index is 0.00445. The van der Waals surface area contributed by atoms with Crippen molar-refractivity contribution in [3.8, 4) is 10.4 Å². The van der Waals surface area contributed by atoms with Crippen molar-refractivity contribution in [2.45, 2.75) is 155 Å². The van der Waals surface area contributed by atoms with E-state index in [1.54, 1.807) is 16.2 Å². The molecule has 70 heavy (non-hydrogen) atoms. The Labute approximate surface area is 415 Å². The van der Waals surface area contributed by atoms with Crippen LogP contribution in [0, 0.1) is 18.3 Å². The topological polar surface area (TPSA) is 227 Å². The lowest BCUT2D eigenvalue weighted by molar-refractivity contribution is -0.144. The van der Waals surface area contributed by atoms with E-state index in [9.17, 15) is 33.9 Å². The number of nitrogens with two attached hydrogens (primary N) is 2. The summed E-state index contributed by atoms with van der Waals surface area (Å²) in [7, 11) is 0. The summed E-state index contributed by atoms with van der Waals surface area (Å²) in [5, 5.41) is 16.6. The Morgan fingerprint density at radius 1 is 0.957 bits per heavy atom. The van der Waals surface area contributed by atoms with Crippen LogP contribution in [0.3, 0.4) is 0 Å². The molecule has 1 saturated heterocycles. The number of unbranched alkanes of at least 4 members (excludes halogenated alkanes) is 1. The van der Waals surface area contributed by atoms with Crippen molar-refractivity contribution in [1.82, 2.24) is 20.5 Å². The Bertz CT molecular complexity index is 2540. The Kier molecular flexibility index (Phi) is 17.1. The smallest absolute Gasteiger partial charge is 0.246 e. The minimum Gasteiger partial charge on any atom is -0.391 e. The van der Waals surface area contributed by atoms with Crippen molar-refractivity contribution < 1.29 is 38.6 Å². The maximum atomic E-state index is 14.1. The third kappa shape index (κ3) is 12.7. The fourth-order valence-electron chi connectivity index (χ4n) is 10.0. The van der Waals surface area contributed by atoms with Gasteiger partial charge in [-0.15, -0.1) is 11.3 Å². The second kappa shape index (κ2) is 23.0. The van der Waals surface area contributed by atoms with Gasteiger partial charge in [-0.3, -0.25) is 33.7 Å². The Morgan fingerprint density at radius 2 is 1.69 bits per heavy atom. The summed E-state index contributed by atoms with van der Waals surface area (Å²) in [6.07, 6.45) is 3.22. The fourth-order valence-corrected chi connectivity index (χ4v) is 10.8. The number of carbonyl (C=O) groups is 6. The van der Waals surface area contributed by atoms with E-state index in [4.69, 9.17) is 16.2 Å². The standard InChI is InChI=1S/C54H69N7O8S/c1-32-49(70-31-58-32)38-18-16-35(17-19-38)28-57-51(66)44-27-41(62)29-60(44)53(68)50(54(3,4)5)59-47(65)15-7-6-10-34-11-8-12-36(24-34)30-69-33(2)39(21-23-46(56)64)26-45(63)43-25-40-14-9-13-37-20-22-42(55)52(67)61(43)48(37)40/h8-9,11-14,16-19,24,31,33,39,41-44,50,62H,6-7,10,15,20-23,25-30,55H2,1-5H3,(H2,56,64)(H,57,66)(H,59,65)/t33-,39-,41-,42+,43+,44+,50-/m1/s1. The minimum atomic E-state index is -0.915. The first-order valence-electron chi connectivity index (χ1n) is 24.6. The van der Waals surface area contributed by atoms with Crippen LogP contribution in [0.5, 0.6) is 0 Å². The molecule has 0 saturated carbocycles. The molecule has 3 aliphatic rings. The summed E-state index contributed by atoms with van der Waals surface area (Å²) in [5.41, 5.74) is 20.7. The third-order valence-electron chi connectivity index (χ3n) is 14.0. The summed E-state index contributed by atoms with van der Waals surface area (Å²) in [6.45, 7) is 10.00. The molecule has 7 atom stereocenters. The second-order valence-electron chi connectivity index (χ2n) is 20.4. The van der Waals surface area contributed by atoms with E-state index >= 15 is 0 Å². The number of carbonyl (C=O) groups excluding carboxylic acids is 6. The predicted molar refractivity (Wildman–Crippen MR) is 269 cm³/mol. The number of amides is 5. The van der Waals surface area contributed by atoms with E-state index in [2.05, 4.69) is 21.7 Å². The molecule has 0 radical (unpaired) electrons. The van der Waals surface area contributed by atoms with Gasteiger partial charge in [-0.2, -0.15) is 0 Å². The summed E-state index contributed by atoms with van der Waals surface area (Å²) in [4.78, 5) is 89.0. The van der Waals surface area contributed by atoms with Crippen LogP contribution in [0.25, 0.3) is 10.4 Å². The van der Waals surface area contributed by atoms with Crippen LogP contribution in [0.4, 0.5) is 5.69 Å². The molecule has 0 spiro atoms. The molecule has 16 heteroatoms. The normalized spacial score (nSPS) is 20.1. The lowest BCUT2D eigenvalue weighted by Crippen LogP contribution is -2.57. The number of hydrogen-bond acceptors (Lipinski definition) is 11. The van der Waals surface area contributed by atoms with Gasteiger partial charge in [0.2, 0.25) is 29.5 Å². The van der Waals surface area contributed by atoms with Crippen LogP contribution in [0.2, 0.25) is 0 Å². The van der Waals surface area contributed by atoms with Gasteiger partial charge in [-0.25, -0.2) is 4.98 Å². The van der Waals surface area contributed by atoms with E-state index < -0.39 is 53.6 Å². The number of para-hydroxylation sites is 1. The predicted octanol–water partition coefficient (Wildman–Crippen LogP) is 5.62. The molecule has 5 amide bonds. The van der Waals surface area contributed by atoms with E-state index in [1.165, 1.54) is 4.90 Å². The number of Topliss-reactive ketones (excluding diaryl/α,β-unsaturated/α-hetero) is 1. The molecule has 1 aromatic heterocycles. The molecule has 4 aromatic rings. The highest BCUT2D eigenvalue weighted by atomic mass is 32.1. The number of aryl methyl sites for hydroxylation is 3. The van der Waals surface area contributed by atoms with E-state index in [1.807, 2.05) is 101 Å². The number of thiazole rings is 1. The molecule has 7 N–H and O–H groups in total. The molecule has 7 rings (SSSR count). The van der Waals surface area contributed by atoms with Crippen molar-refractivity contribution in [3.05, 3.63) is 106 Å². The molecule has 1 fully saturated rings. The molecular formula is C54H69N7O8S. The maximum absolute atomic E-state index is 14.1. The van der Waals surface area contributed by atoms with E-state index in [0.29, 0.717) is 44.9 Å². The largest absolute Gasteiger partial charge is 0.391 e. The summed E-state index contributed by atoms with van der Waals surface area (Å²) >= 11 is 1.57. The zero-order valence-electron chi connectivity index (χ0n) is 41.1. The molecule has 3 aliphatic heterocycles. The number of anilines is 1. The molecule has 4 heterocycles. The average Bonchev–Trinajstić information content (AvgIpc) is 4.05. The van der Waals surface area contributed by atoms with Gasteiger partial charge in [0.1, 0.15) is 12.1 Å². The van der Waals surface area contributed by atoms with Crippen LogP contribution in [0.15, 0.2) is 72.2 Å². The molecule has 0 aliphatic carbocycles. The van der Waals surface area contributed by atoms with Crippen molar-refractivity contribution in [2.75, 3.05) is 11.4 Å². The highest BCUT2D eigenvalue weighted by Gasteiger charge is 2.45. The van der Waals surface area contributed by atoms with Gasteiger partial charge in [-0.1, -0.05) is 87.5 Å². The fraction of sp³-hybridized carbons (Fsp3) is 0.500. The zero-order valence-corrected chi connectivity index (χ0v) is 41.9. The van der Waals surface area contributed by atoms with E-state index in [0.717, 1.165) is 49.6 Å². The van der Waals surface area contributed by atoms with Crippen molar-refractivity contribution in [3.63, 3.8) is 0 Å². The van der Waals surface area contributed by atoms with Gasteiger partial charge in [0.15, 0.2) is 5.78 Å². The Hall–Kier alpha value is -5.81. The van der Waals surface area contributed by atoms with Gasteiger partial charge < -0.3 is 36.8 Å². The number of nitrogens with zero attached hydrogens (tertiary/aromatic N) is 3. The van der Waals surface area contributed by atoms with Gasteiger partial charge in [-0.05, 0) is 97.1 Å². The molecule has 0 bridgehead atoms. The number of benzene rings is 3. The number of nitrogens with one attached hydrogen (secondary N) is 2. The van der Waals surface area contributed by atoms with Gasteiger partial charge >= 0.3 is 0 Å². The van der Waals surface area contributed by atoms with Crippen molar-refractivity contribution in [1.29, 1.82) is 0 Å². The Morgan fingerprint density at radius 3 is 2.40 bits per heavy atom. The number of rotatable bonds is 21. The van der Waals surface area contributed by atoms with Crippen LogP contribution in [-0.4, -0.2) is 93.2 Å². The van der Waals surface area contributed by atoms with Crippen LogP contribution < -0.4 is 27.0 Å². The molecule has 0 unspecified atom stereocenters. The molecule has 374 valence electrons. The quantitative estimate of drug-likeness (QED) is 0.0648. The third-order valence-corrected chi connectivity index (χ3v) is 15.0. The SMILES string of the molecule is Cc1ncsc1-c1ccc(CNC(=O)[C@@H]2C[C@@H](O)CN2C(=O)[C@@H](NC(=O)CCCCc2cccc(CO[C@H](C)[C@H](CCC(N)=O)CC(=O)[C@@H]3Cc4cccc5c4N3C(=O)[C@@H](N)CC5)c2)C(C)(C)C)cc1. The molecule has 3 aromatic carbocycles. The van der Waals surface area contributed by atoms with Crippen molar-refractivity contribution >= 4 is 52.3 Å². The molecule has 15 nitrogen and oxygen atoms in total.